The van der Waals surface area contributed by atoms with Crippen LogP contribution in [0.5, 0.6) is 5.75 Å². The molecule has 0 unspecified atom stereocenters. The third-order valence-electron chi connectivity index (χ3n) is 6.39. The van der Waals surface area contributed by atoms with Gasteiger partial charge in [-0.1, -0.05) is 84.0 Å². The van der Waals surface area contributed by atoms with Crippen LogP contribution in [-0.2, 0) is 11.2 Å². The van der Waals surface area contributed by atoms with E-state index in [-0.39, 0.29) is 17.7 Å². The fourth-order valence-electron chi connectivity index (χ4n) is 4.47. The molecular weight excluding hydrogens is 426 g/mol. The number of likely N-dealkylation sites (tertiary alicyclic amines) is 1. The summed E-state index contributed by atoms with van der Waals surface area (Å²) in [6.07, 6.45) is 0.975. The minimum atomic E-state index is 0.0322. The van der Waals surface area contributed by atoms with Crippen molar-refractivity contribution in [3.8, 4) is 5.75 Å². The predicted molar refractivity (Wildman–Crippen MR) is 129 cm³/mol. The molecule has 1 aromatic heterocycles. The first-order valence-electron chi connectivity index (χ1n) is 11.5. The zero-order valence-corrected chi connectivity index (χ0v) is 19.1. The quantitative estimate of drug-likeness (QED) is 0.383. The second-order valence-corrected chi connectivity index (χ2v) is 8.61. The Labute approximate surface area is 199 Å². The fraction of sp³-hybridized carbons (Fsp3) is 0.250. The molecule has 0 N–H and O–H groups in total. The lowest BCUT2D eigenvalue weighted by atomic mass is 9.87. The van der Waals surface area contributed by atoms with Gasteiger partial charge in [0.15, 0.2) is 5.82 Å². The van der Waals surface area contributed by atoms with Crippen molar-refractivity contribution in [2.24, 2.45) is 0 Å². The summed E-state index contributed by atoms with van der Waals surface area (Å²) in [5.74, 6) is 2.28. The number of benzene rings is 3. The van der Waals surface area contributed by atoms with Gasteiger partial charge in [0.1, 0.15) is 5.75 Å². The average Bonchev–Trinajstić information content (AvgIpc) is 3.31. The number of aromatic nitrogens is 2. The number of ether oxygens (including phenoxy) is 1. The van der Waals surface area contributed by atoms with Gasteiger partial charge in [0.05, 0.1) is 13.0 Å². The van der Waals surface area contributed by atoms with Crippen molar-refractivity contribution in [1.82, 2.24) is 15.0 Å². The van der Waals surface area contributed by atoms with E-state index in [0.29, 0.717) is 37.6 Å². The fourth-order valence-corrected chi connectivity index (χ4v) is 4.47. The average molecular weight is 454 g/mol. The first-order valence-corrected chi connectivity index (χ1v) is 11.5. The van der Waals surface area contributed by atoms with Gasteiger partial charge in [0.2, 0.25) is 11.8 Å². The van der Waals surface area contributed by atoms with Crippen LogP contribution in [0, 0.1) is 0 Å². The third kappa shape index (κ3) is 4.71. The van der Waals surface area contributed by atoms with Gasteiger partial charge in [-0.2, -0.15) is 4.98 Å². The topological polar surface area (TPSA) is 68.5 Å². The number of rotatable bonds is 8. The molecule has 0 radical (unpaired) electrons. The van der Waals surface area contributed by atoms with E-state index in [1.165, 1.54) is 0 Å². The van der Waals surface area contributed by atoms with Crippen LogP contribution in [0.25, 0.3) is 0 Å². The standard InChI is InChI=1S/C28H27N3O3/c1-33-25-15-9-8-14-22(25)16-26-29-28(34-30-26)23-18-31(19-23)27(32)17-24(20-10-4-2-5-11-20)21-12-6-3-7-13-21/h2-15,23-24H,16-19H2,1H3. The summed E-state index contributed by atoms with van der Waals surface area (Å²) in [5.41, 5.74) is 3.31. The summed E-state index contributed by atoms with van der Waals surface area (Å²) in [4.78, 5) is 19.6. The number of carbonyl (C=O) groups is 1. The Kier molecular flexibility index (Phi) is 6.38. The monoisotopic (exact) mass is 453 g/mol. The highest BCUT2D eigenvalue weighted by atomic mass is 16.5. The van der Waals surface area contributed by atoms with Gasteiger partial charge < -0.3 is 14.2 Å². The van der Waals surface area contributed by atoms with E-state index in [1.54, 1.807) is 7.11 Å². The van der Waals surface area contributed by atoms with Crippen molar-refractivity contribution in [1.29, 1.82) is 0 Å². The molecule has 5 rings (SSSR count). The molecule has 1 fully saturated rings. The number of hydrogen-bond acceptors (Lipinski definition) is 5. The lowest BCUT2D eigenvalue weighted by Crippen LogP contribution is -2.49. The van der Waals surface area contributed by atoms with Gasteiger partial charge in [-0.25, -0.2) is 0 Å². The van der Waals surface area contributed by atoms with Gasteiger partial charge in [-0.15, -0.1) is 0 Å². The van der Waals surface area contributed by atoms with Gasteiger partial charge in [0.25, 0.3) is 0 Å². The Morgan fingerprint density at radius 3 is 2.24 bits per heavy atom. The van der Waals surface area contributed by atoms with Crippen LogP contribution >= 0.6 is 0 Å². The molecule has 0 aliphatic carbocycles. The summed E-state index contributed by atoms with van der Waals surface area (Å²) < 4.78 is 10.9. The lowest BCUT2D eigenvalue weighted by Gasteiger charge is -2.38. The SMILES string of the molecule is COc1ccccc1Cc1noc(C2CN(C(=O)CC(c3ccccc3)c3ccccc3)C2)n1. The van der Waals surface area contributed by atoms with Crippen LogP contribution in [0.2, 0.25) is 0 Å². The molecule has 0 atom stereocenters. The van der Waals surface area contributed by atoms with Gasteiger partial charge in [-0.3, -0.25) is 4.79 Å². The van der Waals surface area contributed by atoms with Crippen LogP contribution in [0.3, 0.4) is 0 Å². The van der Waals surface area contributed by atoms with E-state index in [0.717, 1.165) is 22.4 Å². The Morgan fingerprint density at radius 2 is 1.59 bits per heavy atom. The maximum atomic E-state index is 13.1. The summed E-state index contributed by atoms with van der Waals surface area (Å²) in [6, 6.07) is 28.3. The molecule has 6 nitrogen and oxygen atoms in total. The highest BCUT2D eigenvalue weighted by molar-refractivity contribution is 5.78. The van der Waals surface area contributed by atoms with Crippen molar-refractivity contribution in [2.75, 3.05) is 20.2 Å². The first kappa shape index (κ1) is 21.9. The van der Waals surface area contributed by atoms with Crippen LogP contribution in [-0.4, -0.2) is 41.1 Å². The van der Waals surface area contributed by atoms with Gasteiger partial charge >= 0.3 is 0 Å². The highest BCUT2D eigenvalue weighted by Crippen LogP contribution is 2.32. The number of methoxy groups -OCH3 is 1. The second-order valence-electron chi connectivity index (χ2n) is 8.61. The summed E-state index contributed by atoms with van der Waals surface area (Å²) >= 11 is 0. The van der Waals surface area contributed by atoms with E-state index in [9.17, 15) is 4.79 Å². The van der Waals surface area contributed by atoms with E-state index in [4.69, 9.17) is 9.26 Å². The molecule has 1 amide bonds. The molecule has 2 heterocycles. The van der Waals surface area contributed by atoms with Crippen molar-refractivity contribution < 1.29 is 14.1 Å². The second kappa shape index (κ2) is 9.91. The summed E-state index contributed by atoms with van der Waals surface area (Å²) in [5, 5.41) is 4.14. The van der Waals surface area contributed by atoms with Crippen LogP contribution < -0.4 is 4.74 Å². The number of amides is 1. The number of carbonyl (C=O) groups excluding carboxylic acids is 1. The minimum Gasteiger partial charge on any atom is -0.496 e. The smallest absolute Gasteiger partial charge is 0.233 e. The van der Waals surface area contributed by atoms with Crippen molar-refractivity contribution in [3.05, 3.63) is 113 Å². The zero-order chi connectivity index (χ0) is 23.3. The molecule has 0 saturated carbocycles. The molecule has 1 aliphatic heterocycles. The molecule has 0 bridgehead atoms. The molecular formula is C28H27N3O3. The Morgan fingerprint density at radius 1 is 0.971 bits per heavy atom. The minimum absolute atomic E-state index is 0.0322. The van der Waals surface area contributed by atoms with Crippen molar-refractivity contribution in [3.63, 3.8) is 0 Å². The molecule has 6 heteroatoms. The van der Waals surface area contributed by atoms with Gasteiger partial charge in [-0.05, 0) is 17.2 Å². The van der Waals surface area contributed by atoms with E-state index in [2.05, 4.69) is 34.4 Å². The normalized spacial score (nSPS) is 13.6. The van der Waals surface area contributed by atoms with Crippen LogP contribution in [0.4, 0.5) is 0 Å². The van der Waals surface area contributed by atoms with E-state index in [1.807, 2.05) is 65.6 Å². The Hall–Kier alpha value is -3.93. The highest BCUT2D eigenvalue weighted by Gasteiger charge is 2.36. The van der Waals surface area contributed by atoms with E-state index >= 15 is 0 Å². The number of hydrogen-bond donors (Lipinski definition) is 0. The third-order valence-corrected chi connectivity index (χ3v) is 6.39. The predicted octanol–water partition coefficient (Wildman–Crippen LogP) is 4.82. The lowest BCUT2D eigenvalue weighted by molar-refractivity contribution is -0.136. The Bertz CT molecular complexity index is 1190. The molecule has 1 aliphatic rings. The van der Waals surface area contributed by atoms with Crippen molar-refractivity contribution in [2.45, 2.75) is 24.7 Å². The number of para-hydroxylation sites is 1. The van der Waals surface area contributed by atoms with E-state index < -0.39 is 0 Å². The largest absolute Gasteiger partial charge is 0.496 e. The Balaban J connectivity index is 1.21. The molecule has 3 aromatic carbocycles. The summed E-state index contributed by atoms with van der Waals surface area (Å²) in [7, 11) is 1.65. The molecule has 34 heavy (non-hydrogen) atoms. The molecule has 172 valence electrons. The van der Waals surface area contributed by atoms with Crippen LogP contribution in [0.1, 0.15) is 46.7 Å². The molecule has 1 saturated heterocycles. The number of nitrogens with zero attached hydrogens (tertiary/aromatic N) is 3. The molecule has 0 spiro atoms. The van der Waals surface area contributed by atoms with Crippen LogP contribution in [0.15, 0.2) is 89.5 Å². The zero-order valence-electron chi connectivity index (χ0n) is 19.1. The molecule has 4 aromatic rings. The van der Waals surface area contributed by atoms with Crippen molar-refractivity contribution >= 4 is 5.91 Å². The first-order chi connectivity index (χ1) is 16.7. The van der Waals surface area contributed by atoms with Gasteiger partial charge in [0, 0.05) is 37.4 Å². The summed E-state index contributed by atoms with van der Waals surface area (Å²) in [6.45, 7) is 1.21. The maximum Gasteiger partial charge on any atom is 0.233 e. The maximum absolute atomic E-state index is 13.1.